The quantitative estimate of drug-likeness (QED) is 0.789. The first-order chi connectivity index (χ1) is 9.49. The van der Waals surface area contributed by atoms with Crippen molar-refractivity contribution < 1.29 is 14.3 Å². The average molecular weight is 294 g/mol. The highest BCUT2D eigenvalue weighted by Gasteiger charge is 2.31. The zero-order valence-electron chi connectivity index (χ0n) is 13.0. The van der Waals surface area contributed by atoms with Gasteiger partial charge in [-0.05, 0) is 46.8 Å². The van der Waals surface area contributed by atoms with E-state index in [9.17, 15) is 9.59 Å². The largest absolute Gasteiger partial charge is 0.444 e. The van der Waals surface area contributed by atoms with Gasteiger partial charge in [-0.1, -0.05) is 0 Å². The number of amides is 2. The molecule has 21 heavy (non-hydrogen) atoms. The third kappa shape index (κ3) is 5.68. The molecule has 0 unspecified atom stereocenters. The zero-order valence-corrected chi connectivity index (χ0v) is 13.0. The van der Waals surface area contributed by atoms with Crippen molar-refractivity contribution in [3.63, 3.8) is 0 Å². The summed E-state index contributed by atoms with van der Waals surface area (Å²) in [6, 6.07) is 3.20. The number of nitrogens with one attached hydrogen (secondary N) is 2. The highest BCUT2D eigenvalue weighted by atomic mass is 16.6. The topological polar surface area (TPSA) is 106 Å². The number of nitrogens with zero attached hydrogens (tertiary/aromatic N) is 1. The predicted octanol–water partition coefficient (Wildman–Crippen LogP) is 1.91. The van der Waals surface area contributed by atoms with Crippen molar-refractivity contribution in [2.24, 2.45) is 0 Å². The number of hydrogen-bond acceptors (Lipinski definition) is 5. The Hall–Kier alpha value is -2.31. The van der Waals surface area contributed by atoms with Gasteiger partial charge in [-0.15, -0.1) is 0 Å². The number of carbonyl (C=O) groups is 2. The molecule has 116 valence electrons. The minimum absolute atomic E-state index is 0.355. The second kappa shape index (κ2) is 5.99. The molecule has 0 saturated heterocycles. The molecule has 0 saturated carbocycles. The second-order valence-electron chi connectivity index (χ2n) is 6.18. The van der Waals surface area contributed by atoms with E-state index in [0.717, 1.165) is 0 Å². The molecule has 0 aromatic carbocycles. The van der Waals surface area contributed by atoms with Gasteiger partial charge >= 0.3 is 6.09 Å². The SMILES string of the molecule is CC(C)(C)OC(=O)NC(C)(C)C(=O)Nc1ccc(N)cn1. The van der Waals surface area contributed by atoms with E-state index in [0.29, 0.717) is 11.5 Å². The van der Waals surface area contributed by atoms with Crippen molar-refractivity contribution >= 4 is 23.5 Å². The number of rotatable bonds is 3. The molecule has 0 spiro atoms. The minimum atomic E-state index is -1.15. The van der Waals surface area contributed by atoms with E-state index < -0.39 is 23.1 Å². The number of aromatic nitrogens is 1. The van der Waals surface area contributed by atoms with Crippen molar-refractivity contribution in [2.75, 3.05) is 11.1 Å². The normalized spacial score (nSPS) is 11.7. The fourth-order valence-corrected chi connectivity index (χ4v) is 1.37. The highest BCUT2D eigenvalue weighted by molar-refractivity contribution is 5.98. The Kier molecular flexibility index (Phi) is 4.77. The van der Waals surface area contributed by atoms with Crippen LogP contribution >= 0.6 is 0 Å². The molecular weight excluding hydrogens is 272 g/mol. The standard InChI is InChI=1S/C14H22N4O3/c1-13(2,3)21-12(20)18-14(4,5)11(19)17-10-7-6-9(15)8-16-10/h6-8H,15H2,1-5H3,(H,18,20)(H,16,17,19). The van der Waals surface area contributed by atoms with Crippen molar-refractivity contribution in [3.05, 3.63) is 18.3 Å². The lowest BCUT2D eigenvalue weighted by molar-refractivity contribution is -0.121. The molecule has 0 radical (unpaired) electrons. The summed E-state index contributed by atoms with van der Waals surface area (Å²) in [7, 11) is 0. The Morgan fingerprint density at radius 2 is 1.81 bits per heavy atom. The van der Waals surface area contributed by atoms with E-state index in [1.54, 1.807) is 46.8 Å². The van der Waals surface area contributed by atoms with Gasteiger partial charge < -0.3 is 21.1 Å². The number of hydrogen-bond donors (Lipinski definition) is 3. The van der Waals surface area contributed by atoms with Gasteiger partial charge in [0.05, 0.1) is 11.9 Å². The molecule has 1 aromatic rings. The molecule has 2 amide bonds. The van der Waals surface area contributed by atoms with E-state index in [4.69, 9.17) is 10.5 Å². The smallest absolute Gasteiger partial charge is 0.408 e. The third-order valence-corrected chi connectivity index (χ3v) is 2.41. The molecule has 7 heteroatoms. The van der Waals surface area contributed by atoms with Gasteiger partial charge in [-0.25, -0.2) is 9.78 Å². The van der Waals surface area contributed by atoms with Crippen LogP contribution in [0.25, 0.3) is 0 Å². The number of nitrogen functional groups attached to an aromatic ring is 1. The maximum absolute atomic E-state index is 12.2. The zero-order chi connectivity index (χ0) is 16.3. The molecule has 1 rings (SSSR count). The predicted molar refractivity (Wildman–Crippen MR) is 80.7 cm³/mol. The van der Waals surface area contributed by atoms with Gasteiger partial charge in [0.15, 0.2) is 0 Å². The lowest BCUT2D eigenvalue weighted by Crippen LogP contribution is -2.53. The summed E-state index contributed by atoms with van der Waals surface area (Å²) in [4.78, 5) is 27.9. The van der Waals surface area contributed by atoms with E-state index in [1.165, 1.54) is 6.20 Å². The molecule has 0 atom stereocenters. The van der Waals surface area contributed by atoms with E-state index in [2.05, 4.69) is 15.6 Å². The summed E-state index contributed by atoms with van der Waals surface area (Å²) in [5, 5.41) is 5.12. The third-order valence-electron chi connectivity index (χ3n) is 2.41. The van der Waals surface area contributed by atoms with Crippen LogP contribution in [-0.2, 0) is 9.53 Å². The van der Waals surface area contributed by atoms with E-state index >= 15 is 0 Å². The minimum Gasteiger partial charge on any atom is -0.444 e. The molecule has 0 aliphatic rings. The number of pyridine rings is 1. The monoisotopic (exact) mass is 294 g/mol. The molecular formula is C14H22N4O3. The Balaban J connectivity index is 2.66. The average Bonchev–Trinajstić information content (AvgIpc) is 2.28. The first-order valence-electron chi connectivity index (χ1n) is 6.54. The Morgan fingerprint density at radius 1 is 1.19 bits per heavy atom. The fraction of sp³-hybridized carbons (Fsp3) is 0.500. The Labute approximate surface area is 124 Å². The maximum atomic E-state index is 12.2. The first kappa shape index (κ1) is 16.7. The van der Waals surface area contributed by atoms with Crippen molar-refractivity contribution in [1.82, 2.24) is 10.3 Å². The summed E-state index contributed by atoms with van der Waals surface area (Å²) < 4.78 is 5.13. The molecule has 7 nitrogen and oxygen atoms in total. The van der Waals surface area contributed by atoms with E-state index in [1.807, 2.05) is 0 Å². The number of nitrogens with two attached hydrogens (primary N) is 1. The van der Waals surface area contributed by atoms with Crippen molar-refractivity contribution in [2.45, 2.75) is 45.8 Å². The molecule has 1 aromatic heterocycles. The summed E-state index contributed by atoms with van der Waals surface area (Å²) in [6.45, 7) is 8.39. The highest BCUT2D eigenvalue weighted by Crippen LogP contribution is 2.12. The molecule has 4 N–H and O–H groups in total. The lowest BCUT2D eigenvalue weighted by Gasteiger charge is -2.27. The van der Waals surface area contributed by atoms with Crippen molar-refractivity contribution in [3.8, 4) is 0 Å². The first-order valence-corrected chi connectivity index (χ1v) is 6.54. The number of ether oxygens (including phenoxy) is 1. The molecule has 0 aliphatic heterocycles. The Bertz CT molecular complexity index is 518. The van der Waals surface area contributed by atoms with Gasteiger partial charge in [0.25, 0.3) is 5.91 Å². The van der Waals surface area contributed by atoms with Crippen LogP contribution in [0, 0.1) is 0 Å². The van der Waals surface area contributed by atoms with Crippen molar-refractivity contribution in [1.29, 1.82) is 0 Å². The van der Waals surface area contributed by atoms with Gasteiger partial charge in [0, 0.05) is 0 Å². The Morgan fingerprint density at radius 3 is 2.29 bits per heavy atom. The van der Waals surface area contributed by atoms with Gasteiger partial charge in [0.1, 0.15) is 17.0 Å². The summed E-state index contributed by atoms with van der Waals surface area (Å²) in [5.41, 5.74) is 4.24. The summed E-state index contributed by atoms with van der Waals surface area (Å²) in [5.74, 6) is -0.0566. The van der Waals surface area contributed by atoms with Gasteiger partial charge in [0.2, 0.25) is 0 Å². The van der Waals surface area contributed by atoms with Crippen LogP contribution in [0.4, 0.5) is 16.3 Å². The number of anilines is 2. The van der Waals surface area contributed by atoms with Crippen LogP contribution in [0.2, 0.25) is 0 Å². The molecule has 0 aliphatic carbocycles. The summed E-state index contributed by atoms with van der Waals surface area (Å²) >= 11 is 0. The van der Waals surface area contributed by atoms with Crippen LogP contribution in [0.5, 0.6) is 0 Å². The fourth-order valence-electron chi connectivity index (χ4n) is 1.37. The van der Waals surface area contributed by atoms with E-state index in [-0.39, 0.29) is 0 Å². The van der Waals surface area contributed by atoms with Crippen LogP contribution < -0.4 is 16.4 Å². The maximum Gasteiger partial charge on any atom is 0.408 e. The molecule has 0 fully saturated rings. The number of alkyl carbamates (subject to hydrolysis) is 1. The lowest BCUT2D eigenvalue weighted by atomic mass is 10.1. The van der Waals surface area contributed by atoms with Crippen LogP contribution in [0.1, 0.15) is 34.6 Å². The van der Waals surface area contributed by atoms with Crippen LogP contribution in [0.3, 0.4) is 0 Å². The second-order valence-corrected chi connectivity index (χ2v) is 6.18. The number of carbonyl (C=O) groups excluding carboxylic acids is 2. The van der Waals surface area contributed by atoms with Crippen LogP contribution in [-0.4, -0.2) is 28.1 Å². The van der Waals surface area contributed by atoms with Crippen LogP contribution in [0.15, 0.2) is 18.3 Å². The molecule has 0 bridgehead atoms. The summed E-state index contributed by atoms with van der Waals surface area (Å²) in [6.07, 6.45) is 0.775. The van der Waals surface area contributed by atoms with Gasteiger partial charge in [-0.2, -0.15) is 0 Å². The van der Waals surface area contributed by atoms with Gasteiger partial charge in [-0.3, -0.25) is 4.79 Å². The molecule has 1 heterocycles.